The fraction of sp³-hybridized carbons (Fsp3) is 0.316. The Hall–Kier alpha value is -1.98. The van der Waals surface area contributed by atoms with E-state index in [1.807, 2.05) is 0 Å². The summed E-state index contributed by atoms with van der Waals surface area (Å²) in [6.07, 6.45) is 0.827. The first-order valence-electron chi connectivity index (χ1n) is 8.24. The number of hydrogen-bond acceptors (Lipinski definition) is 2. The van der Waals surface area contributed by atoms with Crippen LogP contribution in [-0.2, 0) is 6.42 Å². The predicted molar refractivity (Wildman–Crippen MR) is 93.9 cm³/mol. The molecule has 25 heavy (non-hydrogen) atoms. The number of benzene rings is 2. The lowest BCUT2D eigenvalue weighted by Crippen LogP contribution is -2.49. The second kappa shape index (κ2) is 7.93. The van der Waals surface area contributed by atoms with E-state index in [0.29, 0.717) is 13.1 Å². The van der Waals surface area contributed by atoms with Crippen LogP contribution in [0.5, 0.6) is 0 Å². The summed E-state index contributed by atoms with van der Waals surface area (Å²) in [5.41, 5.74) is 1.03. The van der Waals surface area contributed by atoms with E-state index in [4.69, 9.17) is 11.6 Å². The molecule has 1 aliphatic heterocycles. The van der Waals surface area contributed by atoms with Gasteiger partial charge in [-0.05, 0) is 36.2 Å². The smallest absolute Gasteiger partial charge is 0.258 e. The molecule has 0 bridgehead atoms. The number of carbonyl (C=O) groups excluding carboxylic acids is 1. The average Bonchev–Trinajstić information content (AvgIpc) is 2.61. The molecule has 132 valence electrons. The molecule has 1 amide bonds. The van der Waals surface area contributed by atoms with Gasteiger partial charge in [0.1, 0.15) is 11.6 Å². The highest BCUT2D eigenvalue weighted by Crippen LogP contribution is 2.21. The molecule has 0 N–H and O–H groups in total. The van der Waals surface area contributed by atoms with Crippen molar-refractivity contribution in [2.45, 2.75) is 6.42 Å². The Morgan fingerprint density at radius 2 is 1.68 bits per heavy atom. The zero-order valence-corrected chi connectivity index (χ0v) is 14.5. The quantitative estimate of drug-likeness (QED) is 0.827. The maximum Gasteiger partial charge on any atom is 0.258 e. The average molecular weight is 365 g/mol. The predicted octanol–water partition coefficient (Wildman–Crippen LogP) is 3.62. The second-order valence-electron chi connectivity index (χ2n) is 6.11. The van der Waals surface area contributed by atoms with Crippen molar-refractivity contribution in [1.29, 1.82) is 0 Å². The Morgan fingerprint density at radius 1 is 1.00 bits per heavy atom. The molecule has 3 nitrogen and oxygen atoms in total. The van der Waals surface area contributed by atoms with Crippen molar-refractivity contribution in [3.8, 4) is 0 Å². The molecule has 2 aromatic carbocycles. The number of rotatable bonds is 4. The second-order valence-corrected chi connectivity index (χ2v) is 6.51. The summed E-state index contributed by atoms with van der Waals surface area (Å²) in [6, 6.07) is 10.8. The molecule has 1 heterocycles. The Balaban J connectivity index is 1.53. The fourth-order valence-corrected chi connectivity index (χ4v) is 3.22. The van der Waals surface area contributed by atoms with E-state index < -0.39 is 5.82 Å². The van der Waals surface area contributed by atoms with Gasteiger partial charge in [-0.2, -0.15) is 0 Å². The highest BCUT2D eigenvalue weighted by atomic mass is 35.5. The summed E-state index contributed by atoms with van der Waals surface area (Å²) < 4.78 is 26.8. The third-order valence-electron chi connectivity index (χ3n) is 4.47. The monoisotopic (exact) mass is 364 g/mol. The van der Waals surface area contributed by atoms with Gasteiger partial charge >= 0.3 is 0 Å². The summed E-state index contributed by atoms with van der Waals surface area (Å²) in [4.78, 5) is 16.4. The van der Waals surface area contributed by atoms with E-state index in [1.54, 1.807) is 17.0 Å². The number of amides is 1. The maximum absolute atomic E-state index is 13.9. The van der Waals surface area contributed by atoms with Crippen molar-refractivity contribution in [2.75, 3.05) is 32.7 Å². The number of halogens is 3. The topological polar surface area (TPSA) is 23.6 Å². The van der Waals surface area contributed by atoms with E-state index in [9.17, 15) is 13.6 Å². The molecule has 6 heteroatoms. The molecule has 0 aromatic heterocycles. The van der Waals surface area contributed by atoms with Crippen LogP contribution in [-0.4, -0.2) is 48.4 Å². The van der Waals surface area contributed by atoms with Gasteiger partial charge in [-0.25, -0.2) is 8.78 Å². The van der Waals surface area contributed by atoms with E-state index in [-0.39, 0.29) is 22.3 Å². The highest BCUT2D eigenvalue weighted by Gasteiger charge is 2.25. The van der Waals surface area contributed by atoms with Gasteiger partial charge in [0.05, 0.1) is 10.6 Å². The van der Waals surface area contributed by atoms with Crippen LogP contribution in [0, 0.1) is 11.6 Å². The lowest BCUT2D eigenvalue weighted by Gasteiger charge is -2.35. The fourth-order valence-electron chi connectivity index (χ4n) is 2.97. The summed E-state index contributed by atoms with van der Waals surface area (Å²) in [5, 5.41) is 0.142. The van der Waals surface area contributed by atoms with E-state index in [2.05, 4.69) is 4.90 Å². The zero-order valence-electron chi connectivity index (χ0n) is 13.7. The molecule has 3 rings (SSSR count). The molecule has 0 aliphatic carbocycles. The SMILES string of the molecule is O=C(c1c(F)cccc1Cl)N1CCN(CCc2ccc(F)cc2)CC1. The largest absolute Gasteiger partial charge is 0.336 e. The van der Waals surface area contributed by atoms with Crippen LogP contribution in [0.4, 0.5) is 8.78 Å². The minimum Gasteiger partial charge on any atom is -0.336 e. The van der Waals surface area contributed by atoms with Crippen LogP contribution < -0.4 is 0 Å². The minimum absolute atomic E-state index is 0.0519. The number of carbonyl (C=O) groups is 1. The van der Waals surface area contributed by atoms with Gasteiger partial charge in [0, 0.05) is 32.7 Å². The Bertz CT molecular complexity index is 723. The molecular formula is C19H19ClF2N2O. The molecule has 0 saturated carbocycles. The molecule has 0 radical (unpaired) electrons. The molecule has 0 atom stereocenters. The molecule has 0 unspecified atom stereocenters. The summed E-state index contributed by atoms with van der Waals surface area (Å²) in [7, 11) is 0. The molecule has 1 fully saturated rings. The van der Waals surface area contributed by atoms with Gasteiger partial charge in [-0.15, -0.1) is 0 Å². The Morgan fingerprint density at radius 3 is 2.32 bits per heavy atom. The Labute approximate surface area is 150 Å². The third kappa shape index (κ3) is 4.35. The van der Waals surface area contributed by atoms with Crippen molar-refractivity contribution in [3.05, 3.63) is 70.2 Å². The van der Waals surface area contributed by atoms with Gasteiger partial charge in [-0.1, -0.05) is 29.8 Å². The third-order valence-corrected chi connectivity index (χ3v) is 4.78. The number of nitrogens with zero attached hydrogens (tertiary/aromatic N) is 2. The summed E-state index contributed by atoms with van der Waals surface area (Å²) >= 11 is 5.98. The van der Waals surface area contributed by atoms with Crippen LogP contribution in [0.15, 0.2) is 42.5 Å². The van der Waals surface area contributed by atoms with E-state index in [1.165, 1.54) is 30.3 Å². The standard InChI is InChI=1S/C19H19ClF2N2O/c20-16-2-1-3-17(22)18(16)19(25)24-12-10-23(11-13-24)9-8-14-4-6-15(21)7-5-14/h1-7H,8-13H2. The van der Waals surface area contributed by atoms with Crippen molar-refractivity contribution >= 4 is 17.5 Å². The molecule has 1 saturated heterocycles. The van der Waals surface area contributed by atoms with Crippen molar-refractivity contribution < 1.29 is 13.6 Å². The van der Waals surface area contributed by atoms with E-state index in [0.717, 1.165) is 31.6 Å². The van der Waals surface area contributed by atoms with Gasteiger partial charge in [0.15, 0.2) is 0 Å². The van der Waals surface area contributed by atoms with Gasteiger partial charge < -0.3 is 4.90 Å². The Kier molecular flexibility index (Phi) is 5.66. The summed E-state index contributed by atoms with van der Waals surface area (Å²) in [5.74, 6) is -1.18. The van der Waals surface area contributed by atoms with Crippen molar-refractivity contribution in [2.24, 2.45) is 0 Å². The van der Waals surface area contributed by atoms with Crippen molar-refractivity contribution in [3.63, 3.8) is 0 Å². The van der Waals surface area contributed by atoms with Crippen LogP contribution >= 0.6 is 11.6 Å². The zero-order chi connectivity index (χ0) is 17.8. The normalized spacial score (nSPS) is 15.4. The van der Waals surface area contributed by atoms with Crippen LogP contribution in [0.3, 0.4) is 0 Å². The first kappa shape index (κ1) is 17.8. The van der Waals surface area contributed by atoms with Gasteiger partial charge in [0.2, 0.25) is 0 Å². The van der Waals surface area contributed by atoms with Crippen molar-refractivity contribution in [1.82, 2.24) is 9.80 Å². The maximum atomic E-state index is 13.9. The molecule has 1 aliphatic rings. The van der Waals surface area contributed by atoms with Crippen LogP contribution in [0.2, 0.25) is 5.02 Å². The van der Waals surface area contributed by atoms with Gasteiger partial charge in [0.25, 0.3) is 5.91 Å². The molecular weight excluding hydrogens is 346 g/mol. The van der Waals surface area contributed by atoms with Crippen LogP contribution in [0.25, 0.3) is 0 Å². The summed E-state index contributed by atoms with van der Waals surface area (Å²) in [6.45, 7) is 3.35. The lowest BCUT2D eigenvalue weighted by molar-refractivity contribution is 0.0634. The van der Waals surface area contributed by atoms with Gasteiger partial charge in [-0.3, -0.25) is 9.69 Å². The molecule has 2 aromatic rings. The minimum atomic E-state index is -0.587. The van der Waals surface area contributed by atoms with E-state index >= 15 is 0 Å². The first-order chi connectivity index (χ1) is 12.0. The van der Waals surface area contributed by atoms with Crippen LogP contribution in [0.1, 0.15) is 15.9 Å². The lowest BCUT2D eigenvalue weighted by atomic mass is 10.1. The number of piperazine rings is 1. The first-order valence-corrected chi connectivity index (χ1v) is 8.62. The highest BCUT2D eigenvalue weighted by molar-refractivity contribution is 6.33. The number of hydrogen-bond donors (Lipinski definition) is 0. The molecule has 0 spiro atoms.